The van der Waals surface area contributed by atoms with Crippen LogP contribution in [0.2, 0.25) is 0 Å². The smallest absolute Gasteiger partial charge is 0.200 e. The molecule has 2 aromatic rings. The summed E-state index contributed by atoms with van der Waals surface area (Å²) in [5, 5.41) is 71.2. The van der Waals surface area contributed by atoms with Crippen LogP contribution in [0.3, 0.4) is 0 Å². The fourth-order valence-electron chi connectivity index (χ4n) is 5.36. The standard InChI is InChI=1S/C26H34O11/c1-34-18-6-13(7-19(35-2)22(18)30)21-16-8-15(29)4-3-12(16)5-14(9-27)17(21)11-36-26-25(33)24(32)23(31)20(10-28)37-26/h3-4,6-8,14,17,20-21,23-33H,5,9-11H2,1-2H3/t14-,17-,20+,21-,23+,24-,25+,26+/m0/s1. The molecular formula is C26H34O11. The minimum Gasteiger partial charge on any atom is -0.508 e. The summed E-state index contributed by atoms with van der Waals surface area (Å²) >= 11 is 0. The van der Waals surface area contributed by atoms with Crippen molar-refractivity contribution >= 4 is 0 Å². The second-order valence-electron chi connectivity index (χ2n) is 9.48. The van der Waals surface area contributed by atoms with E-state index in [1.165, 1.54) is 14.2 Å². The molecule has 0 radical (unpaired) electrons. The predicted molar refractivity (Wildman–Crippen MR) is 129 cm³/mol. The van der Waals surface area contributed by atoms with Crippen molar-refractivity contribution in [2.24, 2.45) is 11.8 Å². The molecule has 0 unspecified atom stereocenters. The third kappa shape index (κ3) is 5.21. The lowest BCUT2D eigenvalue weighted by Crippen LogP contribution is -2.59. The molecule has 4 rings (SSSR count). The molecule has 1 fully saturated rings. The first-order valence-corrected chi connectivity index (χ1v) is 12.0. The molecule has 0 spiro atoms. The molecule has 1 heterocycles. The van der Waals surface area contributed by atoms with Gasteiger partial charge in [-0.3, -0.25) is 0 Å². The first-order valence-electron chi connectivity index (χ1n) is 12.0. The van der Waals surface area contributed by atoms with Crippen LogP contribution in [0.15, 0.2) is 30.3 Å². The lowest BCUT2D eigenvalue weighted by Gasteiger charge is -2.43. The van der Waals surface area contributed by atoms with E-state index in [0.29, 0.717) is 12.0 Å². The molecule has 0 aromatic heterocycles. The lowest BCUT2D eigenvalue weighted by molar-refractivity contribution is -0.304. The van der Waals surface area contributed by atoms with E-state index in [1.807, 2.05) is 0 Å². The Bertz CT molecular complexity index is 1050. The largest absolute Gasteiger partial charge is 0.508 e. The third-order valence-corrected chi connectivity index (χ3v) is 7.38. The van der Waals surface area contributed by atoms with E-state index in [9.17, 15) is 35.7 Å². The van der Waals surface area contributed by atoms with Gasteiger partial charge in [-0.1, -0.05) is 6.07 Å². The summed E-state index contributed by atoms with van der Waals surface area (Å²) in [6, 6.07) is 8.31. The normalized spacial score (nSPS) is 31.5. The average Bonchev–Trinajstić information content (AvgIpc) is 2.91. The maximum absolute atomic E-state index is 10.4. The summed E-state index contributed by atoms with van der Waals surface area (Å²) in [7, 11) is 2.82. The Balaban J connectivity index is 1.74. The van der Waals surface area contributed by atoms with Gasteiger partial charge in [-0.05, 0) is 59.2 Å². The van der Waals surface area contributed by atoms with Gasteiger partial charge in [-0.25, -0.2) is 0 Å². The topological polar surface area (TPSA) is 179 Å². The van der Waals surface area contributed by atoms with Crippen LogP contribution in [-0.4, -0.2) is 100 Å². The number of aliphatic hydroxyl groups is 5. The number of fused-ring (bicyclic) bond motifs is 1. The van der Waals surface area contributed by atoms with E-state index in [-0.39, 0.29) is 42.1 Å². The van der Waals surface area contributed by atoms with Crippen LogP contribution in [0.5, 0.6) is 23.0 Å². The van der Waals surface area contributed by atoms with Gasteiger partial charge >= 0.3 is 0 Å². The molecule has 0 saturated carbocycles. The van der Waals surface area contributed by atoms with Crippen molar-refractivity contribution in [2.75, 3.05) is 34.0 Å². The Hall–Kier alpha value is -2.64. The van der Waals surface area contributed by atoms with Crippen LogP contribution in [0.4, 0.5) is 0 Å². The van der Waals surface area contributed by atoms with Gasteiger partial charge in [-0.2, -0.15) is 0 Å². The molecule has 2 aromatic carbocycles. The van der Waals surface area contributed by atoms with Gasteiger partial charge in [0.15, 0.2) is 17.8 Å². The summed E-state index contributed by atoms with van der Waals surface area (Å²) in [5.41, 5.74) is 2.36. The van der Waals surface area contributed by atoms with Crippen LogP contribution in [0, 0.1) is 11.8 Å². The van der Waals surface area contributed by atoms with Gasteiger partial charge < -0.3 is 54.7 Å². The second kappa shape index (κ2) is 11.4. The highest BCUT2D eigenvalue weighted by atomic mass is 16.7. The first-order chi connectivity index (χ1) is 17.7. The maximum Gasteiger partial charge on any atom is 0.200 e. The minimum absolute atomic E-state index is 0.0532. The van der Waals surface area contributed by atoms with Crippen LogP contribution in [-0.2, 0) is 15.9 Å². The van der Waals surface area contributed by atoms with E-state index in [4.69, 9.17) is 18.9 Å². The zero-order chi connectivity index (χ0) is 26.9. The van der Waals surface area contributed by atoms with E-state index < -0.39 is 49.1 Å². The molecule has 37 heavy (non-hydrogen) atoms. The number of aromatic hydroxyl groups is 2. The number of methoxy groups -OCH3 is 2. The molecule has 1 aliphatic carbocycles. The fraction of sp³-hybridized carbons (Fsp3) is 0.538. The Labute approximate surface area is 214 Å². The maximum atomic E-state index is 10.4. The highest BCUT2D eigenvalue weighted by molar-refractivity contribution is 5.56. The van der Waals surface area contributed by atoms with Gasteiger partial charge in [0.25, 0.3) is 0 Å². The van der Waals surface area contributed by atoms with Crippen molar-refractivity contribution in [3.8, 4) is 23.0 Å². The Morgan fingerprint density at radius 3 is 2.16 bits per heavy atom. The number of hydrogen-bond acceptors (Lipinski definition) is 11. The van der Waals surface area contributed by atoms with Gasteiger partial charge in [0.1, 0.15) is 30.2 Å². The fourth-order valence-corrected chi connectivity index (χ4v) is 5.36. The summed E-state index contributed by atoms with van der Waals surface area (Å²) in [4.78, 5) is 0. The molecule has 0 bridgehead atoms. The predicted octanol–water partition coefficient (Wildman–Crippen LogP) is -0.156. The molecule has 7 N–H and O–H groups in total. The van der Waals surface area contributed by atoms with Crippen LogP contribution >= 0.6 is 0 Å². The van der Waals surface area contributed by atoms with Crippen molar-refractivity contribution in [1.29, 1.82) is 0 Å². The quantitative estimate of drug-likeness (QED) is 0.245. The van der Waals surface area contributed by atoms with E-state index in [0.717, 1.165) is 11.1 Å². The number of phenols is 2. The van der Waals surface area contributed by atoms with Gasteiger partial charge in [0, 0.05) is 12.5 Å². The molecule has 1 saturated heterocycles. The first kappa shape index (κ1) is 27.4. The monoisotopic (exact) mass is 522 g/mol. The minimum atomic E-state index is -1.59. The summed E-state index contributed by atoms with van der Waals surface area (Å²) < 4.78 is 22.1. The molecule has 11 heteroatoms. The van der Waals surface area contributed by atoms with Crippen molar-refractivity contribution in [2.45, 2.75) is 43.0 Å². The number of benzene rings is 2. The molecule has 2 aliphatic rings. The molecule has 8 atom stereocenters. The van der Waals surface area contributed by atoms with Gasteiger partial charge in [0.2, 0.25) is 5.75 Å². The number of phenolic OH excluding ortho intramolecular Hbond substituents is 2. The number of ether oxygens (including phenoxy) is 4. The van der Waals surface area contributed by atoms with Crippen molar-refractivity contribution < 1.29 is 54.7 Å². The van der Waals surface area contributed by atoms with Gasteiger partial charge in [-0.15, -0.1) is 0 Å². The summed E-state index contributed by atoms with van der Waals surface area (Å²) in [5.74, 6) is -0.970. The molecular weight excluding hydrogens is 488 g/mol. The second-order valence-corrected chi connectivity index (χ2v) is 9.48. The SMILES string of the molecule is COc1cc([C@H]2c3cc(O)ccc3C[C@@H](CO)[C@@H]2CO[C@@H]2O[C@H](CO)[C@@H](O)[C@H](O)[C@H]2O)cc(OC)c1O. The van der Waals surface area contributed by atoms with E-state index in [1.54, 1.807) is 30.3 Å². The molecule has 0 amide bonds. The average molecular weight is 523 g/mol. The highest BCUT2D eigenvalue weighted by Gasteiger charge is 2.45. The highest BCUT2D eigenvalue weighted by Crippen LogP contribution is 2.48. The van der Waals surface area contributed by atoms with Crippen molar-refractivity contribution in [1.82, 2.24) is 0 Å². The molecule has 1 aliphatic heterocycles. The number of aliphatic hydroxyl groups excluding tert-OH is 5. The number of rotatable bonds is 8. The van der Waals surface area contributed by atoms with Crippen LogP contribution in [0.25, 0.3) is 0 Å². The summed E-state index contributed by atoms with van der Waals surface area (Å²) in [6.07, 6.45) is -6.66. The van der Waals surface area contributed by atoms with Crippen molar-refractivity contribution in [3.63, 3.8) is 0 Å². The molecule has 11 nitrogen and oxygen atoms in total. The van der Waals surface area contributed by atoms with Gasteiger partial charge in [0.05, 0.1) is 27.4 Å². The third-order valence-electron chi connectivity index (χ3n) is 7.38. The number of hydrogen-bond donors (Lipinski definition) is 7. The van der Waals surface area contributed by atoms with Crippen LogP contribution in [0.1, 0.15) is 22.6 Å². The zero-order valence-electron chi connectivity index (χ0n) is 20.6. The Morgan fingerprint density at radius 1 is 0.892 bits per heavy atom. The van der Waals surface area contributed by atoms with E-state index >= 15 is 0 Å². The Morgan fingerprint density at radius 2 is 1.57 bits per heavy atom. The molecule has 204 valence electrons. The zero-order valence-corrected chi connectivity index (χ0v) is 20.6. The summed E-state index contributed by atoms with van der Waals surface area (Å²) in [6.45, 7) is -0.832. The van der Waals surface area contributed by atoms with E-state index in [2.05, 4.69) is 0 Å². The Kier molecular flexibility index (Phi) is 8.44. The lowest BCUT2D eigenvalue weighted by atomic mass is 9.67. The van der Waals surface area contributed by atoms with Crippen LogP contribution < -0.4 is 9.47 Å². The van der Waals surface area contributed by atoms with Crippen molar-refractivity contribution in [3.05, 3.63) is 47.0 Å².